The van der Waals surface area contributed by atoms with E-state index in [4.69, 9.17) is 0 Å². The summed E-state index contributed by atoms with van der Waals surface area (Å²) < 4.78 is 0. The van der Waals surface area contributed by atoms with Crippen molar-refractivity contribution in [3.05, 3.63) is 35.4 Å². The van der Waals surface area contributed by atoms with Crippen LogP contribution >= 0.6 is 0 Å². The van der Waals surface area contributed by atoms with E-state index in [2.05, 4.69) is 10.6 Å². The normalized spacial score (nSPS) is 16.8. The van der Waals surface area contributed by atoms with Gasteiger partial charge in [0.05, 0.1) is 0 Å². The third-order valence-corrected chi connectivity index (χ3v) is 4.68. The van der Waals surface area contributed by atoms with E-state index in [-0.39, 0.29) is 11.8 Å². The van der Waals surface area contributed by atoms with Crippen molar-refractivity contribution >= 4 is 11.8 Å². The van der Waals surface area contributed by atoms with Crippen molar-refractivity contribution in [2.75, 3.05) is 26.2 Å². The van der Waals surface area contributed by atoms with Gasteiger partial charge in [-0.2, -0.15) is 0 Å². The first-order valence-electron chi connectivity index (χ1n) is 8.99. The van der Waals surface area contributed by atoms with E-state index >= 15 is 0 Å². The first-order chi connectivity index (χ1) is 11.6. The number of amides is 2. The van der Waals surface area contributed by atoms with Gasteiger partial charge in [-0.3, -0.25) is 9.59 Å². The molecular weight excluding hydrogens is 302 g/mol. The van der Waals surface area contributed by atoms with Crippen molar-refractivity contribution in [2.24, 2.45) is 5.92 Å². The molecule has 0 bridgehead atoms. The summed E-state index contributed by atoms with van der Waals surface area (Å²) in [6.07, 6.45) is 2.72. The third kappa shape index (κ3) is 5.34. The fraction of sp³-hybridized carbons (Fsp3) is 0.579. The molecule has 0 aromatic heterocycles. The lowest BCUT2D eigenvalue weighted by Gasteiger charge is -2.18. The topological polar surface area (TPSA) is 61.4 Å². The van der Waals surface area contributed by atoms with Crippen LogP contribution in [0.3, 0.4) is 0 Å². The Bertz CT molecular complexity index is 532. The van der Waals surface area contributed by atoms with Crippen LogP contribution in [-0.2, 0) is 11.3 Å². The van der Waals surface area contributed by atoms with Crippen LogP contribution in [0.2, 0.25) is 0 Å². The number of hydrogen-bond donors (Lipinski definition) is 2. The van der Waals surface area contributed by atoms with Crippen molar-refractivity contribution in [3.63, 3.8) is 0 Å². The summed E-state index contributed by atoms with van der Waals surface area (Å²) in [7, 11) is 0. The van der Waals surface area contributed by atoms with Crippen LogP contribution in [0.25, 0.3) is 0 Å². The van der Waals surface area contributed by atoms with Crippen LogP contribution in [0.4, 0.5) is 0 Å². The maximum absolute atomic E-state index is 12.2. The van der Waals surface area contributed by atoms with Crippen LogP contribution < -0.4 is 10.6 Å². The number of benzene rings is 1. The zero-order valence-corrected chi connectivity index (χ0v) is 14.8. The summed E-state index contributed by atoms with van der Waals surface area (Å²) in [4.78, 5) is 26.0. The molecule has 1 atom stereocenters. The molecule has 5 heteroatoms. The second-order valence-electron chi connectivity index (χ2n) is 6.35. The van der Waals surface area contributed by atoms with E-state index in [9.17, 15) is 9.59 Å². The van der Waals surface area contributed by atoms with Crippen LogP contribution in [0.1, 0.15) is 49.0 Å². The Kier molecular flexibility index (Phi) is 7.25. The maximum atomic E-state index is 12.2. The average Bonchev–Trinajstić information content (AvgIpc) is 3.13. The van der Waals surface area contributed by atoms with Crippen molar-refractivity contribution in [3.8, 4) is 0 Å². The molecule has 5 nitrogen and oxygen atoms in total. The molecule has 1 saturated heterocycles. The predicted octanol–water partition coefficient (Wildman–Crippen LogP) is 2.17. The van der Waals surface area contributed by atoms with Gasteiger partial charge >= 0.3 is 0 Å². The lowest BCUT2D eigenvalue weighted by Crippen LogP contribution is -2.30. The highest BCUT2D eigenvalue weighted by Crippen LogP contribution is 2.14. The van der Waals surface area contributed by atoms with Gasteiger partial charge in [-0.15, -0.1) is 0 Å². The Hall–Kier alpha value is -1.88. The second kappa shape index (κ2) is 9.42. The summed E-state index contributed by atoms with van der Waals surface area (Å²) >= 11 is 0. The average molecular weight is 331 g/mol. The number of rotatable bonds is 8. The van der Waals surface area contributed by atoms with E-state index < -0.39 is 0 Å². The molecule has 1 aliphatic rings. The summed E-state index contributed by atoms with van der Waals surface area (Å²) in [6.45, 7) is 8.01. The van der Waals surface area contributed by atoms with E-state index in [0.717, 1.165) is 25.1 Å². The molecule has 1 aromatic carbocycles. The van der Waals surface area contributed by atoms with Gasteiger partial charge in [-0.05, 0) is 63.4 Å². The minimum absolute atomic E-state index is 0.0563. The summed E-state index contributed by atoms with van der Waals surface area (Å²) in [5.41, 5.74) is 1.71. The molecule has 1 heterocycles. The molecule has 132 valence electrons. The van der Waals surface area contributed by atoms with Crippen molar-refractivity contribution in [2.45, 2.75) is 39.7 Å². The molecule has 0 saturated carbocycles. The first kappa shape index (κ1) is 18.5. The van der Waals surface area contributed by atoms with Gasteiger partial charge in [0.2, 0.25) is 5.91 Å². The van der Waals surface area contributed by atoms with Gasteiger partial charge in [-0.1, -0.05) is 12.1 Å². The van der Waals surface area contributed by atoms with Crippen molar-refractivity contribution in [1.29, 1.82) is 0 Å². The maximum Gasteiger partial charge on any atom is 0.253 e. The number of nitrogens with zero attached hydrogens (tertiary/aromatic N) is 1. The highest BCUT2D eigenvalue weighted by molar-refractivity contribution is 5.94. The van der Waals surface area contributed by atoms with Crippen LogP contribution in [0.15, 0.2) is 24.3 Å². The largest absolute Gasteiger partial charge is 0.352 e. The molecule has 1 fully saturated rings. The Morgan fingerprint density at radius 1 is 1.21 bits per heavy atom. The fourth-order valence-corrected chi connectivity index (χ4v) is 3.04. The standard InChI is InChI=1S/C19H29N3O2/c1-3-22(4-2)19(24)17-8-5-15(6-9-17)14-21-18(23)10-7-16-11-12-20-13-16/h5-6,8-9,16,20H,3-4,7,10-14H2,1-2H3,(H,21,23). The molecule has 0 radical (unpaired) electrons. The summed E-state index contributed by atoms with van der Waals surface area (Å²) in [6, 6.07) is 7.51. The Balaban J connectivity index is 1.76. The molecule has 0 spiro atoms. The highest BCUT2D eigenvalue weighted by Gasteiger charge is 2.15. The highest BCUT2D eigenvalue weighted by atomic mass is 16.2. The minimum Gasteiger partial charge on any atom is -0.352 e. The Labute approximate surface area is 144 Å². The summed E-state index contributed by atoms with van der Waals surface area (Å²) in [5, 5.41) is 6.28. The molecular formula is C19H29N3O2. The van der Waals surface area contributed by atoms with Gasteiger partial charge in [0.25, 0.3) is 5.91 Å². The minimum atomic E-state index is 0.0563. The van der Waals surface area contributed by atoms with E-state index in [1.165, 1.54) is 6.42 Å². The predicted molar refractivity (Wildman–Crippen MR) is 95.8 cm³/mol. The van der Waals surface area contributed by atoms with Gasteiger partial charge in [0.15, 0.2) is 0 Å². The molecule has 2 rings (SSSR count). The molecule has 2 N–H and O–H groups in total. The summed E-state index contributed by atoms with van der Waals surface area (Å²) in [5.74, 6) is 0.798. The van der Waals surface area contributed by atoms with Crippen LogP contribution in [0, 0.1) is 5.92 Å². The Morgan fingerprint density at radius 2 is 1.92 bits per heavy atom. The number of carbonyl (C=O) groups is 2. The molecule has 1 unspecified atom stereocenters. The van der Waals surface area contributed by atoms with E-state index in [1.807, 2.05) is 38.1 Å². The fourth-order valence-electron chi connectivity index (χ4n) is 3.04. The second-order valence-corrected chi connectivity index (χ2v) is 6.35. The van der Waals surface area contributed by atoms with E-state index in [0.29, 0.717) is 37.5 Å². The van der Waals surface area contributed by atoms with Crippen molar-refractivity contribution in [1.82, 2.24) is 15.5 Å². The molecule has 0 aliphatic carbocycles. The Morgan fingerprint density at radius 3 is 2.50 bits per heavy atom. The van der Waals surface area contributed by atoms with Crippen LogP contribution in [-0.4, -0.2) is 42.9 Å². The zero-order chi connectivity index (χ0) is 17.4. The zero-order valence-electron chi connectivity index (χ0n) is 14.8. The molecule has 1 aliphatic heterocycles. The van der Waals surface area contributed by atoms with E-state index in [1.54, 1.807) is 4.90 Å². The smallest absolute Gasteiger partial charge is 0.253 e. The lowest BCUT2D eigenvalue weighted by atomic mass is 10.0. The molecule has 2 amide bonds. The van der Waals surface area contributed by atoms with Crippen molar-refractivity contribution < 1.29 is 9.59 Å². The molecule has 1 aromatic rings. The van der Waals surface area contributed by atoms with Gasteiger partial charge < -0.3 is 15.5 Å². The third-order valence-electron chi connectivity index (χ3n) is 4.68. The van der Waals surface area contributed by atoms with Gasteiger partial charge in [0.1, 0.15) is 0 Å². The monoisotopic (exact) mass is 331 g/mol. The number of carbonyl (C=O) groups excluding carboxylic acids is 2. The van der Waals surface area contributed by atoms with Crippen LogP contribution in [0.5, 0.6) is 0 Å². The lowest BCUT2D eigenvalue weighted by molar-refractivity contribution is -0.121. The SMILES string of the molecule is CCN(CC)C(=O)c1ccc(CNC(=O)CCC2CCNC2)cc1. The number of hydrogen-bond acceptors (Lipinski definition) is 3. The quantitative estimate of drug-likeness (QED) is 0.767. The first-order valence-corrected chi connectivity index (χ1v) is 8.99. The number of nitrogens with one attached hydrogen (secondary N) is 2. The van der Waals surface area contributed by atoms with Gasteiger partial charge in [0, 0.05) is 31.6 Å². The molecule has 24 heavy (non-hydrogen) atoms. The van der Waals surface area contributed by atoms with Gasteiger partial charge in [-0.25, -0.2) is 0 Å².